The van der Waals surface area contributed by atoms with Crippen molar-refractivity contribution in [3.63, 3.8) is 0 Å². The predicted octanol–water partition coefficient (Wildman–Crippen LogP) is 2.20. The third kappa shape index (κ3) is 3.16. The number of hydrogen-bond donors (Lipinski definition) is 0. The van der Waals surface area contributed by atoms with E-state index in [0.717, 1.165) is 12.1 Å². The van der Waals surface area contributed by atoms with Crippen molar-refractivity contribution in [2.24, 2.45) is 0 Å². The average molecular weight is 255 g/mol. The number of hydrogen-bond acceptors (Lipinski definition) is 3. The lowest BCUT2D eigenvalue weighted by Gasteiger charge is -2.29. The summed E-state index contributed by atoms with van der Waals surface area (Å²) in [5, 5.41) is 9.33. The van der Waals surface area contributed by atoms with Crippen LogP contribution in [0.15, 0.2) is 18.2 Å². The molecule has 1 aliphatic rings. The topological polar surface area (TPSA) is 36.3 Å². The Kier molecular flexibility index (Phi) is 3.95. The number of morpholine rings is 1. The molecule has 1 aromatic carbocycles. The summed E-state index contributed by atoms with van der Waals surface area (Å²) in [5.41, 5.74) is 0.741. The van der Waals surface area contributed by atoms with Gasteiger partial charge in [0.1, 0.15) is 5.82 Å². The Hall–Kier alpha value is -1.15. The van der Waals surface area contributed by atoms with E-state index in [4.69, 9.17) is 21.6 Å². The second kappa shape index (κ2) is 5.46. The summed E-state index contributed by atoms with van der Waals surface area (Å²) in [7, 11) is 0. The van der Waals surface area contributed by atoms with Crippen LogP contribution in [0, 0.1) is 17.1 Å². The fourth-order valence-electron chi connectivity index (χ4n) is 1.83. The molecular formula is C12H12ClFN2O. The largest absolute Gasteiger partial charge is 0.361 e. The summed E-state index contributed by atoms with van der Waals surface area (Å²) >= 11 is 6.00. The first-order valence-corrected chi connectivity index (χ1v) is 5.74. The highest BCUT2D eigenvalue weighted by Gasteiger charge is 2.20. The van der Waals surface area contributed by atoms with E-state index < -0.39 is 6.10 Å². The molecular weight excluding hydrogens is 243 g/mol. The number of ether oxygens (including phenoxy) is 1. The summed E-state index contributed by atoms with van der Waals surface area (Å²) in [6.45, 7) is 2.32. The molecule has 0 amide bonds. The molecule has 1 heterocycles. The first-order chi connectivity index (χ1) is 8.19. The van der Waals surface area contributed by atoms with Gasteiger partial charge in [0.2, 0.25) is 0 Å². The molecule has 1 fully saturated rings. The molecule has 1 unspecified atom stereocenters. The third-order valence-electron chi connectivity index (χ3n) is 2.70. The number of benzene rings is 1. The van der Waals surface area contributed by atoms with Crippen molar-refractivity contribution in [1.82, 2.24) is 4.90 Å². The van der Waals surface area contributed by atoms with Gasteiger partial charge in [0.05, 0.1) is 12.7 Å². The molecule has 0 aliphatic carbocycles. The van der Waals surface area contributed by atoms with E-state index in [1.54, 1.807) is 6.07 Å². The smallest absolute Gasteiger partial charge is 0.156 e. The lowest BCUT2D eigenvalue weighted by Crippen LogP contribution is -2.41. The number of rotatable bonds is 2. The highest BCUT2D eigenvalue weighted by Crippen LogP contribution is 2.20. The maximum atomic E-state index is 13.1. The fraction of sp³-hybridized carbons (Fsp3) is 0.417. The van der Waals surface area contributed by atoms with Crippen LogP contribution in [0.3, 0.4) is 0 Å². The Morgan fingerprint density at radius 2 is 2.41 bits per heavy atom. The van der Waals surface area contributed by atoms with E-state index in [0.29, 0.717) is 24.7 Å². The Balaban J connectivity index is 2.05. The predicted molar refractivity (Wildman–Crippen MR) is 62.0 cm³/mol. The number of nitrogens with zero attached hydrogens (tertiary/aromatic N) is 2. The summed E-state index contributed by atoms with van der Waals surface area (Å²) in [4.78, 5) is 2.04. The maximum Gasteiger partial charge on any atom is 0.156 e. The molecule has 5 heteroatoms. The van der Waals surface area contributed by atoms with Crippen LogP contribution in [0.1, 0.15) is 5.56 Å². The van der Waals surface area contributed by atoms with Crippen molar-refractivity contribution in [3.05, 3.63) is 34.6 Å². The van der Waals surface area contributed by atoms with Crippen molar-refractivity contribution in [3.8, 4) is 6.07 Å². The minimum absolute atomic E-state index is 0.297. The molecule has 1 atom stereocenters. The molecule has 2 rings (SSSR count). The zero-order valence-electron chi connectivity index (χ0n) is 9.20. The Morgan fingerprint density at radius 1 is 1.59 bits per heavy atom. The summed E-state index contributed by atoms with van der Waals surface area (Å²) in [5.74, 6) is -0.297. The fourth-order valence-corrected chi connectivity index (χ4v) is 2.01. The monoisotopic (exact) mass is 254 g/mol. The van der Waals surface area contributed by atoms with Crippen molar-refractivity contribution in [2.45, 2.75) is 12.6 Å². The highest BCUT2D eigenvalue weighted by atomic mass is 35.5. The van der Waals surface area contributed by atoms with E-state index in [9.17, 15) is 4.39 Å². The van der Waals surface area contributed by atoms with Gasteiger partial charge < -0.3 is 4.74 Å². The second-order valence-electron chi connectivity index (χ2n) is 3.96. The van der Waals surface area contributed by atoms with Crippen LogP contribution in [-0.4, -0.2) is 30.7 Å². The first kappa shape index (κ1) is 12.3. The molecule has 0 bridgehead atoms. The van der Waals surface area contributed by atoms with Crippen LogP contribution >= 0.6 is 11.6 Å². The van der Waals surface area contributed by atoms with Crippen LogP contribution in [0.2, 0.25) is 5.02 Å². The van der Waals surface area contributed by atoms with Crippen LogP contribution in [0.25, 0.3) is 0 Å². The quantitative estimate of drug-likeness (QED) is 0.812. The Bertz CT molecular complexity index is 447. The third-order valence-corrected chi connectivity index (χ3v) is 3.07. The SMILES string of the molecule is N#CC1CN(Cc2cc(F)ccc2Cl)CCO1. The number of halogens is 2. The van der Waals surface area contributed by atoms with Crippen molar-refractivity contribution in [1.29, 1.82) is 5.26 Å². The van der Waals surface area contributed by atoms with E-state index in [1.165, 1.54) is 12.1 Å². The molecule has 0 aromatic heterocycles. The van der Waals surface area contributed by atoms with E-state index in [1.807, 2.05) is 4.90 Å². The standard InChI is InChI=1S/C12H12ClFN2O/c13-12-2-1-10(14)5-9(12)7-16-3-4-17-11(6-15)8-16/h1-2,5,11H,3-4,7-8H2. The van der Waals surface area contributed by atoms with Gasteiger partial charge in [0, 0.05) is 24.7 Å². The lowest BCUT2D eigenvalue weighted by molar-refractivity contribution is -0.00270. The van der Waals surface area contributed by atoms with Gasteiger partial charge >= 0.3 is 0 Å². The van der Waals surface area contributed by atoms with Crippen LogP contribution in [-0.2, 0) is 11.3 Å². The Labute approximate surface area is 104 Å². The molecule has 1 aromatic rings. The van der Waals surface area contributed by atoms with E-state index in [-0.39, 0.29) is 5.82 Å². The molecule has 1 saturated heterocycles. The van der Waals surface area contributed by atoms with Crippen molar-refractivity contribution in [2.75, 3.05) is 19.7 Å². The second-order valence-corrected chi connectivity index (χ2v) is 4.37. The summed E-state index contributed by atoms with van der Waals surface area (Å²) in [6, 6.07) is 6.39. The first-order valence-electron chi connectivity index (χ1n) is 5.36. The lowest BCUT2D eigenvalue weighted by atomic mass is 10.2. The van der Waals surface area contributed by atoms with Gasteiger partial charge in [-0.15, -0.1) is 0 Å². The van der Waals surface area contributed by atoms with Gasteiger partial charge in [-0.3, -0.25) is 4.90 Å². The molecule has 17 heavy (non-hydrogen) atoms. The zero-order valence-corrected chi connectivity index (χ0v) is 9.95. The van der Waals surface area contributed by atoms with Gasteiger partial charge in [0.25, 0.3) is 0 Å². The maximum absolute atomic E-state index is 13.1. The van der Waals surface area contributed by atoms with E-state index >= 15 is 0 Å². The van der Waals surface area contributed by atoms with Crippen LogP contribution in [0.4, 0.5) is 4.39 Å². The molecule has 3 nitrogen and oxygen atoms in total. The molecule has 0 spiro atoms. The van der Waals surface area contributed by atoms with Gasteiger partial charge in [-0.25, -0.2) is 4.39 Å². The Morgan fingerprint density at radius 3 is 3.18 bits per heavy atom. The van der Waals surface area contributed by atoms with E-state index in [2.05, 4.69) is 6.07 Å². The zero-order chi connectivity index (χ0) is 12.3. The normalized spacial score (nSPS) is 21.1. The van der Waals surface area contributed by atoms with Gasteiger partial charge in [-0.2, -0.15) is 5.26 Å². The molecule has 1 aliphatic heterocycles. The average Bonchev–Trinajstić information content (AvgIpc) is 2.34. The molecule has 90 valence electrons. The van der Waals surface area contributed by atoms with Crippen LogP contribution in [0.5, 0.6) is 0 Å². The van der Waals surface area contributed by atoms with Gasteiger partial charge in [-0.05, 0) is 23.8 Å². The molecule has 0 radical (unpaired) electrons. The van der Waals surface area contributed by atoms with Gasteiger partial charge in [-0.1, -0.05) is 11.6 Å². The number of nitriles is 1. The minimum atomic E-state index is -0.406. The molecule has 0 N–H and O–H groups in total. The highest BCUT2D eigenvalue weighted by molar-refractivity contribution is 6.31. The van der Waals surface area contributed by atoms with Gasteiger partial charge in [0.15, 0.2) is 6.10 Å². The summed E-state index contributed by atoms with van der Waals surface area (Å²) < 4.78 is 18.3. The minimum Gasteiger partial charge on any atom is -0.361 e. The van der Waals surface area contributed by atoms with Crippen LogP contribution < -0.4 is 0 Å². The molecule has 0 saturated carbocycles. The summed E-state index contributed by atoms with van der Waals surface area (Å²) in [6.07, 6.45) is -0.406. The van der Waals surface area contributed by atoms with Crippen molar-refractivity contribution >= 4 is 11.6 Å². The van der Waals surface area contributed by atoms with Crippen molar-refractivity contribution < 1.29 is 9.13 Å².